The number of nitrogens with zero attached hydrogens (tertiary/aromatic N) is 2. The van der Waals surface area contributed by atoms with Gasteiger partial charge in [0.25, 0.3) is 11.6 Å². The number of carbonyl (C=O) groups is 1. The first kappa shape index (κ1) is 17.8. The number of nitro groups is 1. The molecule has 2 aromatic carbocycles. The van der Waals surface area contributed by atoms with Crippen LogP contribution in [0.3, 0.4) is 0 Å². The molecule has 0 spiro atoms. The van der Waals surface area contributed by atoms with Crippen molar-refractivity contribution in [2.75, 3.05) is 23.3 Å². The lowest BCUT2D eigenvalue weighted by Crippen LogP contribution is -2.21. The van der Waals surface area contributed by atoms with Crippen molar-refractivity contribution in [2.45, 2.75) is 19.8 Å². The van der Waals surface area contributed by atoms with E-state index in [0.717, 1.165) is 25.0 Å². The molecule has 1 amide bonds. The third-order valence-electron chi connectivity index (χ3n) is 4.44. The van der Waals surface area contributed by atoms with Crippen LogP contribution in [0.5, 0.6) is 0 Å². The second-order valence-corrected chi connectivity index (χ2v) is 6.14. The summed E-state index contributed by atoms with van der Waals surface area (Å²) in [5, 5.41) is 13.4. The molecule has 0 aliphatic carbocycles. The Morgan fingerprint density at radius 3 is 2.38 bits per heavy atom. The molecule has 1 heterocycles. The highest BCUT2D eigenvalue weighted by Crippen LogP contribution is 2.30. The zero-order valence-corrected chi connectivity index (χ0v) is 14.1. The molecule has 0 saturated carbocycles. The molecular weight excluding hydrogens is 344 g/mol. The molecule has 136 valence electrons. The van der Waals surface area contributed by atoms with Gasteiger partial charge in [0.2, 0.25) is 0 Å². The third-order valence-corrected chi connectivity index (χ3v) is 4.44. The minimum absolute atomic E-state index is 0.0427. The predicted octanol–water partition coefficient (Wildman–Crippen LogP) is 4.03. The van der Waals surface area contributed by atoms with Crippen molar-refractivity contribution in [2.24, 2.45) is 0 Å². The molecule has 0 bridgehead atoms. The summed E-state index contributed by atoms with van der Waals surface area (Å²) in [7, 11) is 0. The highest BCUT2D eigenvalue weighted by molar-refractivity contribution is 6.05. The van der Waals surface area contributed by atoms with Crippen LogP contribution in [0.25, 0.3) is 0 Å². The lowest BCUT2D eigenvalue weighted by molar-refractivity contribution is -0.385. The summed E-state index contributed by atoms with van der Waals surface area (Å²) in [6, 6.07) is 6.21. The van der Waals surface area contributed by atoms with E-state index < -0.39 is 22.5 Å². The van der Waals surface area contributed by atoms with Crippen molar-refractivity contribution < 1.29 is 18.5 Å². The largest absolute Gasteiger partial charge is 0.367 e. The van der Waals surface area contributed by atoms with Gasteiger partial charge in [0, 0.05) is 36.0 Å². The van der Waals surface area contributed by atoms with Gasteiger partial charge >= 0.3 is 0 Å². The summed E-state index contributed by atoms with van der Waals surface area (Å²) in [6.45, 7) is 2.63. The van der Waals surface area contributed by atoms with Crippen molar-refractivity contribution in [3.05, 3.63) is 63.2 Å². The van der Waals surface area contributed by atoms with Crippen molar-refractivity contribution >= 4 is 23.0 Å². The first-order valence-corrected chi connectivity index (χ1v) is 8.18. The van der Waals surface area contributed by atoms with Gasteiger partial charge in [0.1, 0.15) is 5.69 Å². The van der Waals surface area contributed by atoms with Crippen molar-refractivity contribution in [1.82, 2.24) is 0 Å². The highest BCUT2D eigenvalue weighted by Gasteiger charge is 2.22. The predicted molar refractivity (Wildman–Crippen MR) is 93.6 cm³/mol. The van der Waals surface area contributed by atoms with Gasteiger partial charge in [0.15, 0.2) is 11.6 Å². The first-order valence-electron chi connectivity index (χ1n) is 8.18. The van der Waals surface area contributed by atoms with E-state index in [0.29, 0.717) is 13.1 Å². The summed E-state index contributed by atoms with van der Waals surface area (Å²) < 4.78 is 28.7. The van der Waals surface area contributed by atoms with E-state index in [9.17, 15) is 23.7 Å². The quantitative estimate of drug-likeness (QED) is 0.659. The standard InChI is InChI=1S/C18H17F2N3O3/c1-11-13(5-4-6-16(11)23(25)26)18(24)21-12-9-14(19)17(15(20)10-12)22-7-2-3-8-22/h4-6,9-10H,2-3,7-8H2,1H3,(H,21,24). The van der Waals surface area contributed by atoms with E-state index in [1.807, 2.05) is 0 Å². The molecule has 26 heavy (non-hydrogen) atoms. The Balaban J connectivity index is 1.86. The van der Waals surface area contributed by atoms with Gasteiger partial charge in [-0.15, -0.1) is 0 Å². The summed E-state index contributed by atoms with van der Waals surface area (Å²) in [4.78, 5) is 24.4. The van der Waals surface area contributed by atoms with E-state index in [4.69, 9.17) is 0 Å². The Hall–Kier alpha value is -3.03. The van der Waals surface area contributed by atoms with Crippen molar-refractivity contribution in [3.8, 4) is 0 Å². The molecule has 1 N–H and O–H groups in total. The maximum Gasteiger partial charge on any atom is 0.273 e. The van der Waals surface area contributed by atoms with E-state index in [-0.39, 0.29) is 28.2 Å². The van der Waals surface area contributed by atoms with E-state index in [2.05, 4.69) is 5.32 Å². The van der Waals surface area contributed by atoms with Gasteiger partial charge in [-0.05, 0) is 38.0 Å². The molecule has 1 aliphatic heterocycles. The van der Waals surface area contributed by atoms with E-state index >= 15 is 0 Å². The van der Waals surface area contributed by atoms with Crippen molar-refractivity contribution in [1.29, 1.82) is 0 Å². The topological polar surface area (TPSA) is 75.5 Å². The number of nitro benzene ring substituents is 1. The zero-order valence-electron chi connectivity index (χ0n) is 14.1. The average Bonchev–Trinajstić information content (AvgIpc) is 3.08. The minimum atomic E-state index is -0.752. The normalized spacial score (nSPS) is 13.7. The zero-order chi connectivity index (χ0) is 18.8. The molecule has 0 radical (unpaired) electrons. The summed E-state index contributed by atoms with van der Waals surface area (Å²) >= 11 is 0. The third kappa shape index (κ3) is 3.35. The van der Waals surface area contributed by atoms with Gasteiger partial charge in [0.05, 0.1) is 4.92 Å². The fourth-order valence-electron chi connectivity index (χ4n) is 3.15. The molecule has 3 rings (SSSR count). The van der Waals surface area contributed by atoms with Crippen LogP contribution in [0.2, 0.25) is 0 Å². The van der Waals surface area contributed by atoms with Gasteiger partial charge in [-0.2, -0.15) is 0 Å². The van der Waals surface area contributed by atoms with Gasteiger partial charge < -0.3 is 10.2 Å². The second kappa shape index (κ2) is 7.07. The van der Waals surface area contributed by atoms with Crippen LogP contribution >= 0.6 is 0 Å². The Kier molecular flexibility index (Phi) is 4.83. The molecule has 0 aromatic heterocycles. The molecule has 1 aliphatic rings. The molecule has 1 saturated heterocycles. The summed E-state index contributed by atoms with van der Waals surface area (Å²) in [6.07, 6.45) is 1.76. The number of nitrogens with one attached hydrogen (secondary N) is 1. The molecule has 8 heteroatoms. The first-order chi connectivity index (χ1) is 12.4. The smallest absolute Gasteiger partial charge is 0.273 e. The molecule has 2 aromatic rings. The number of anilines is 2. The number of benzene rings is 2. The van der Waals surface area contributed by atoms with Crippen LogP contribution in [0, 0.1) is 28.7 Å². The Morgan fingerprint density at radius 2 is 1.81 bits per heavy atom. The minimum Gasteiger partial charge on any atom is -0.367 e. The van der Waals surface area contributed by atoms with Crippen LogP contribution in [-0.4, -0.2) is 23.9 Å². The molecule has 1 fully saturated rings. The lowest BCUT2D eigenvalue weighted by Gasteiger charge is -2.20. The molecule has 0 unspecified atom stereocenters. The number of carbonyl (C=O) groups excluding carboxylic acids is 1. The van der Waals surface area contributed by atoms with Crippen LogP contribution < -0.4 is 10.2 Å². The van der Waals surface area contributed by atoms with Gasteiger partial charge in [-0.3, -0.25) is 14.9 Å². The molecule has 0 atom stereocenters. The lowest BCUT2D eigenvalue weighted by atomic mass is 10.1. The van der Waals surface area contributed by atoms with Crippen LogP contribution in [0.15, 0.2) is 30.3 Å². The molecule has 6 nitrogen and oxygen atoms in total. The monoisotopic (exact) mass is 361 g/mol. The van der Waals surface area contributed by atoms with Crippen LogP contribution in [0.4, 0.5) is 25.8 Å². The summed E-state index contributed by atoms with van der Waals surface area (Å²) in [5.74, 6) is -2.17. The fourth-order valence-corrected chi connectivity index (χ4v) is 3.15. The van der Waals surface area contributed by atoms with Gasteiger partial charge in [-0.25, -0.2) is 8.78 Å². The highest BCUT2D eigenvalue weighted by atomic mass is 19.1. The number of hydrogen-bond acceptors (Lipinski definition) is 4. The number of halogens is 2. The van der Waals surface area contributed by atoms with E-state index in [1.165, 1.54) is 25.1 Å². The van der Waals surface area contributed by atoms with Crippen LogP contribution in [-0.2, 0) is 0 Å². The van der Waals surface area contributed by atoms with Gasteiger partial charge in [-0.1, -0.05) is 6.07 Å². The average molecular weight is 361 g/mol. The second-order valence-electron chi connectivity index (χ2n) is 6.14. The SMILES string of the molecule is Cc1c(C(=O)Nc2cc(F)c(N3CCCC3)c(F)c2)cccc1[N+](=O)[O-]. The number of hydrogen-bond donors (Lipinski definition) is 1. The Bertz CT molecular complexity index is 857. The fraction of sp³-hybridized carbons (Fsp3) is 0.278. The maximum absolute atomic E-state index is 14.3. The number of rotatable bonds is 4. The van der Waals surface area contributed by atoms with Crippen LogP contribution in [0.1, 0.15) is 28.8 Å². The molecular formula is C18H17F2N3O3. The maximum atomic E-state index is 14.3. The van der Waals surface area contributed by atoms with Crippen molar-refractivity contribution in [3.63, 3.8) is 0 Å². The Labute approximate surface area is 148 Å². The Morgan fingerprint density at radius 1 is 1.19 bits per heavy atom. The summed E-state index contributed by atoms with van der Waals surface area (Å²) in [5.41, 5.74) is -0.0708. The number of amides is 1. The van der Waals surface area contributed by atoms with E-state index in [1.54, 1.807) is 4.90 Å².